The summed E-state index contributed by atoms with van der Waals surface area (Å²) in [6, 6.07) is -0.484. The van der Waals surface area contributed by atoms with Gasteiger partial charge in [0.1, 0.15) is 5.40 Å². The maximum atomic E-state index is 11.5. The molecule has 1 unspecified atom stereocenters. The van der Waals surface area contributed by atoms with E-state index in [2.05, 4.69) is 0 Å². The number of thioether (sulfide) groups is 1. The van der Waals surface area contributed by atoms with Crippen molar-refractivity contribution in [3.63, 3.8) is 0 Å². The molecule has 0 bridgehead atoms. The number of nitrogens with two attached hydrogens (primary N) is 1. The Morgan fingerprint density at radius 1 is 1.43 bits per heavy atom. The molecule has 7 heteroatoms. The van der Waals surface area contributed by atoms with Gasteiger partial charge in [-0.2, -0.15) is 10.2 Å². The summed E-state index contributed by atoms with van der Waals surface area (Å²) in [5.41, 5.74) is 0. The van der Waals surface area contributed by atoms with Crippen LogP contribution in [0.1, 0.15) is 0 Å². The number of thiocyanates is 1. The van der Waals surface area contributed by atoms with Crippen molar-refractivity contribution in [3.05, 3.63) is 0 Å². The van der Waals surface area contributed by atoms with E-state index in [0.717, 1.165) is 21.6 Å². The molecule has 74 valence electrons. The summed E-state index contributed by atoms with van der Waals surface area (Å²) in [5, 5.41) is 15.0. The van der Waals surface area contributed by atoms with E-state index >= 15 is 0 Å². The van der Waals surface area contributed by atoms with Gasteiger partial charge in [-0.1, -0.05) is 0 Å². The first-order chi connectivity index (χ1) is 6.50. The van der Waals surface area contributed by atoms with Gasteiger partial charge in [0.05, 0.1) is 7.05 Å². The van der Waals surface area contributed by atoms with Crippen LogP contribution in [0.2, 0.25) is 0 Å². The summed E-state index contributed by atoms with van der Waals surface area (Å²) in [6.07, 6.45) is 0. The van der Waals surface area contributed by atoms with E-state index in [1.165, 1.54) is 14.1 Å². The number of imide groups is 1. The van der Waals surface area contributed by atoms with Gasteiger partial charge < -0.3 is 0 Å². The summed E-state index contributed by atoms with van der Waals surface area (Å²) >= 11 is 0.736. The second-order valence-electron chi connectivity index (χ2n) is 2.75. The van der Waals surface area contributed by atoms with Gasteiger partial charge in [0.2, 0.25) is 0 Å². The van der Waals surface area contributed by atoms with E-state index < -0.39 is 17.2 Å². The molecule has 1 saturated heterocycles. The number of urea groups is 1. The van der Waals surface area contributed by atoms with E-state index in [0.29, 0.717) is 0 Å². The number of hydrogen-bond donors (Lipinski definition) is 1. The normalized spacial score (nSPS) is 22.6. The number of nitriles is 1. The second kappa shape index (κ2) is 3.67. The fourth-order valence-corrected chi connectivity index (χ4v) is 1.71. The van der Waals surface area contributed by atoms with Gasteiger partial charge in [-0.05, 0) is 11.8 Å². The van der Waals surface area contributed by atoms with Crippen molar-refractivity contribution in [2.75, 3.05) is 14.1 Å². The van der Waals surface area contributed by atoms with Crippen molar-refractivity contribution < 1.29 is 15.0 Å². The van der Waals surface area contributed by atoms with E-state index in [1.54, 1.807) is 5.40 Å². The first-order valence-corrected chi connectivity index (χ1v) is 4.61. The van der Waals surface area contributed by atoms with Crippen molar-refractivity contribution in [2.45, 2.75) is 5.25 Å². The minimum absolute atomic E-state index is 0.102. The van der Waals surface area contributed by atoms with E-state index in [1.807, 2.05) is 0 Å². The SMILES string of the molecule is CN1C(=[NH2+])C(SC#N)C(=O)N(C)C1=O. The van der Waals surface area contributed by atoms with Gasteiger partial charge in [-0.15, -0.1) is 0 Å². The third-order valence-electron chi connectivity index (χ3n) is 1.96. The highest BCUT2D eigenvalue weighted by molar-refractivity contribution is 8.05. The summed E-state index contributed by atoms with van der Waals surface area (Å²) in [5.74, 6) is -0.359. The first kappa shape index (κ1) is 10.5. The van der Waals surface area contributed by atoms with E-state index in [9.17, 15) is 9.59 Å². The van der Waals surface area contributed by atoms with Crippen molar-refractivity contribution in [2.24, 2.45) is 0 Å². The lowest BCUT2D eigenvalue weighted by Gasteiger charge is -2.27. The minimum atomic E-state index is -0.785. The molecule has 1 atom stereocenters. The van der Waals surface area contributed by atoms with E-state index in [4.69, 9.17) is 10.7 Å². The smallest absolute Gasteiger partial charge is 0.289 e. The number of hydrogen-bond acceptors (Lipinski definition) is 4. The Balaban J connectivity index is 2.99. The Bertz CT molecular complexity index is 324. The molecule has 1 rings (SSSR count). The van der Waals surface area contributed by atoms with Crippen LogP contribution in [0.5, 0.6) is 0 Å². The molecule has 3 amide bonds. The van der Waals surface area contributed by atoms with Crippen LogP contribution >= 0.6 is 11.8 Å². The van der Waals surface area contributed by atoms with Crippen molar-refractivity contribution >= 4 is 29.5 Å². The Labute approximate surface area is 85.0 Å². The van der Waals surface area contributed by atoms with Crippen LogP contribution in [0.4, 0.5) is 4.79 Å². The molecule has 0 saturated carbocycles. The average molecular weight is 213 g/mol. The lowest BCUT2D eigenvalue weighted by atomic mass is 10.2. The molecule has 1 aliphatic rings. The molecule has 0 aromatic rings. The molecule has 0 radical (unpaired) electrons. The molecule has 0 aromatic heterocycles. The molecule has 1 aliphatic heterocycles. The predicted octanol–water partition coefficient (Wildman–Crippen LogP) is -1.75. The first-order valence-electron chi connectivity index (χ1n) is 3.73. The minimum Gasteiger partial charge on any atom is -0.289 e. The molecule has 1 heterocycles. The summed E-state index contributed by atoms with van der Waals surface area (Å²) < 4.78 is 0. The molecule has 14 heavy (non-hydrogen) atoms. The Morgan fingerprint density at radius 3 is 2.50 bits per heavy atom. The molecular formula is C7H9N4O2S+. The zero-order valence-electron chi connectivity index (χ0n) is 7.72. The Hall–Kier alpha value is -1.55. The standard InChI is InChI=1S/C7H8N4O2S/c1-10-5(9)4(14-3-8)6(12)11(2)7(10)13/h4,9H,1-2H3/p+1. The third-order valence-corrected chi connectivity index (χ3v) is 2.74. The second-order valence-corrected chi connectivity index (χ2v) is 3.64. The number of carbonyl (C=O) groups is 2. The summed E-state index contributed by atoms with van der Waals surface area (Å²) in [7, 11) is 2.82. The van der Waals surface area contributed by atoms with E-state index in [-0.39, 0.29) is 5.84 Å². The Morgan fingerprint density at radius 2 is 2.00 bits per heavy atom. The lowest BCUT2D eigenvalue weighted by molar-refractivity contribution is -0.139. The fraction of sp³-hybridized carbons (Fsp3) is 0.429. The zero-order chi connectivity index (χ0) is 10.9. The van der Waals surface area contributed by atoms with Crippen LogP contribution in [0.15, 0.2) is 0 Å². The van der Waals surface area contributed by atoms with Crippen molar-refractivity contribution in [3.8, 4) is 5.40 Å². The summed E-state index contributed by atoms with van der Waals surface area (Å²) in [4.78, 5) is 24.9. The van der Waals surface area contributed by atoms with Crippen molar-refractivity contribution in [1.29, 1.82) is 5.26 Å². The maximum absolute atomic E-state index is 11.5. The van der Waals surface area contributed by atoms with Crippen LogP contribution in [-0.4, -0.2) is 46.9 Å². The quantitative estimate of drug-likeness (QED) is 0.523. The van der Waals surface area contributed by atoms with Gasteiger partial charge in [0.15, 0.2) is 5.25 Å². The van der Waals surface area contributed by atoms with Gasteiger partial charge in [-0.3, -0.25) is 10.2 Å². The van der Waals surface area contributed by atoms with Crippen molar-refractivity contribution in [1.82, 2.24) is 9.80 Å². The van der Waals surface area contributed by atoms with Gasteiger partial charge in [0.25, 0.3) is 11.7 Å². The van der Waals surface area contributed by atoms with Crippen LogP contribution < -0.4 is 5.41 Å². The van der Waals surface area contributed by atoms with Gasteiger partial charge in [0, 0.05) is 7.05 Å². The topological polar surface area (TPSA) is 90.0 Å². The Kier molecular flexibility index (Phi) is 2.76. The number of carbonyl (C=O) groups excluding carboxylic acids is 2. The highest BCUT2D eigenvalue weighted by Gasteiger charge is 2.46. The molecule has 6 nitrogen and oxygen atoms in total. The highest BCUT2D eigenvalue weighted by Crippen LogP contribution is 2.18. The summed E-state index contributed by atoms with van der Waals surface area (Å²) in [6.45, 7) is 0. The fourth-order valence-electron chi connectivity index (χ4n) is 1.07. The monoisotopic (exact) mass is 213 g/mol. The average Bonchev–Trinajstić information content (AvgIpc) is 2.19. The van der Waals surface area contributed by atoms with Crippen LogP contribution in [-0.2, 0) is 4.79 Å². The zero-order valence-corrected chi connectivity index (χ0v) is 8.54. The molecule has 0 aliphatic carbocycles. The highest BCUT2D eigenvalue weighted by atomic mass is 32.2. The van der Waals surface area contributed by atoms with Gasteiger partial charge in [-0.25, -0.2) is 9.69 Å². The maximum Gasteiger partial charge on any atom is 0.417 e. The van der Waals surface area contributed by atoms with Crippen LogP contribution in [0.25, 0.3) is 0 Å². The largest absolute Gasteiger partial charge is 0.417 e. The number of rotatable bonds is 1. The van der Waals surface area contributed by atoms with Gasteiger partial charge >= 0.3 is 6.03 Å². The molecule has 0 spiro atoms. The molecule has 1 fully saturated rings. The lowest BCUT2D eigenvalue weighted by Crippen LogP contribution is -2.67. The molecule has 2 N–H and O–H groups in total. The van der Waals surface area contributed by atoms with Crippen LogP contribution in [0.3, 0.4) is 0 Å². The van der Waals surface area contributed by atoms with Crippen LogP contribution in [0, 0.1) is 10.7 Å². The predicted molar refractivity (Wildman–Crippen MR) is 49.9 cm³/mol. The third kappa shape index (κ3) is 1.44. The number of nitrogens with zero attached hydrogens (tertiary/aromatic N) is 3. The number of amidine groups is 1. The number of amides is 3. The molecule has 0 aromatic carbocycles. The molecular weight excluding hydrogens is 204 g/mol.